The van der Waals surface area contributed by atoms with E-state index >= 15 is 0 Å². The highest BCUT2D eigenvalue weighted by Crippen LogP contribution is 2.42. The average molecular weight is 375 g/mol. The molecule has 1 amide bonds. The van der Waals surface area contributed by atoms with Crippen LogP contribution in [-0.2, 0) is 11.3 Å². The Labute approximate surface area is 157 Å². The third-order valence-electron chi connectivity index (χ3n) is 5.03. The smallest absolute Gasteiger partial charge is 0.252 e. The number of nitrogens with zero attached hydrogens (tertiary/aromatic N) is 1. The van der Waals surface area contributed by atoms with E-state index in [1.54, 1.807) is 13.2 Å². The van der Waals surface area contributed by atoms with Gasteiger partial charge in [-0.05, 0) is 25.5 Å². The van der Waals surface area contributed by atoms with E-state index in [1.165, 1.54) is 14.2 Å². The Morgan fingerprint density at radius 1 is 1.22 bits per heavy atom. The molecule has 3 N–H and O–H groups in total. The average Bonchev–Trinajstić information content (AvgIpc) is 2.67. The number of hydrogen-bond donors (Lipinski definition) is 2. The van der Waals surface area contributed by atoms with Gasteiger partial charge in [0.25, 0.3) is 5.56 Å². The van der Waals surface area contributed by atoms with Crippen molar-refractivity contribution in [3.05, 3.63) is 28.0 Å². The molecule has 1 aliphatic heterocycles. The number of piperidine rings is 1. The van der Waals surface area contributed by atoms with Gasteiger partial charge in [-0.2, -0.15) is 0 Å². The minimum absolute atomic E-state index is 0.169. The molecule has 0 bridgehead atoms. The van der Waals surface area contributed by atoms with Crippen molar-refractivity contribution in [1.29, 1.82) is 0 Å². The number of aromatic amines is 1. The predicted octanol–water partition coefficient (Wildman–Crippen LogP) is 1.25. The number of hydrogen-bond acceptors (Lipinski definition) is 6. The second-order valence-corrected chi connectivity index (χ2v) is 6.71. The third-order valence-corrected chi connectivity index (χ3v) is 5.03. The van der Waals surface area contributed by atoms with Gasteiger partial charge in [-0.1, -0.05) is 0 Å². The van der Waals surface area contributed by atoms with Crippen molar-refractivity contribution in [2.75, 3.05) is 34.4 Å². The fourth-order valence-corrected chi connectivity index (χ4v) is 3.66. The highest BCUT2D eigenvalue weighted by atomic mass is 16.5. The van der Waals surface area contributed by atoms with Crippen LogP contribution in [0.5, 0.6) is 17.2 Å². The number of fused-ring (bicyclic) bond motifs is 1. The van der Waals surface area contributed by atoms with E-state index in [2.05, 4.69) is 9.88 Å². The summed E-state index contributed by atoms with van der Waals surface area (Å²) in [5, 5.41) is 0.730. The summed E-state index contributed by atoms with van der Waals surface area (Å²) in [7, 11) is 4.61. The summed E-state index contributed by atoms with van der Waals surface area (Å²) in [5.74, 6) is 0.989. The lowest BCUT2D eigenvalue weighted by atomic mass is 9.97. The van der Waals surface area contributed by atoms with Gasteiger partial charge in [-0.3, -0.25) is 14.5 Å². The number of carbonyl (C=O) groups is 1. The lowest BCUT2D eigenvalue weighted by Crippen LogP contribution is -2.41. The minimum atomic E-state index is -0.286. The molecule has 1 unspecified atom stereocenters. The highest BCUT2D eigenvalue weighted by Gasteiger charge is 2.25. The van der Waals surface area contributed by atoms with Crippen molar-refractivity contribution in [1.82, 2.24) is 9.88 Å². The van der Waals surface area contributed by atoms with Crippen LogP contribution in [0.15, 0.2) is 16.9 Å². The molecule has 3 rings (SSSR count). The largest absolute Gasteiger partial charge is 0.493 e. The molecule has 2 aromatic rings. The van der Waals surface area contributed by atoms with Gasteiger partial charge in [0.1, 0.15) is 0 Å². The van der Waals surface area contributed by atoms with Gasteiger partial charge in [0.15, 0.2) is 11.5 Å². The topological polar surface area (TPSA) is 107 Å². The van der Waals surface area contributed by atoms with Crippen LogP contribution in [0.4, 0.5) is 0 Å². The fourth-order valence-electron chi connectivity index (χ4n) is 3.66. The van der Waals surface area contributed by atoms with Crippen molar-refractivity contribution in [2.45, 2.75) is 19.4 Å². The Balaban J connectivity index is 2.00. The van der Waals surface area contributed by atoms with Crippen LogP contribution in [0.1, 0.15) is 18.4 Å². The molecule has 1 atom stereocenters. The van der Waals surface area contributed by atoms with Crippen LogP contribution in [0.2, 0.25) is 0 Å². The molecule has 0 spiro atoms. The zero-order valence-electron chi connectivity index (χ0n) is 15.8. The molecule has 0 radical (unpaired) electrons. The first-order valence-corrected chi connectivity index (χ1v) is 8.85. The lowest BCUT2D eigenvalue weighted by molar-refractivity contribution is -0.123. The molecular weight excluding hydrogens is 350 g/mol. The number of methoxy groups -OCH3 is 3. The number of nitrogens with two attached hydrogens (primary N) is 1. The number of nitrogens with one attached hydrogen (secondary N) is 1. The minimum Gasteiger partial charge on any atom is -0.493 e. The van der Waals surface area contributed by atoms with E-state index in [0.717, 1.165) is 24.8 Å². The number of likely N-dealkylation sites (tertiary alicyclic amines) is 1. The summed E-state index contributed by atoms with van der Waals surface area (Å²) in [6.07, 6.45) is 1.68. The molecule has 2 heterocycles. The van der Waals surface area contributed by atoms with E-state index in [1.807, 2.05) is 6.07 Å². The SMILES string of the molecule is COc1cc2[nH]c(=O)c(CN3CCCC(C(N)=O)C3)cc2c(OC)c1OC. The Kier molecular flexibility index (Phi) is 5.55. The van der Waals surface area contributed by atoms with Crippen LogP contribution in [0, 0.1) is 5.92 Å². The molecule has 1 aliphatic rings. The number of pyridine rings is 1. The van der Waals surface area contributed by atoms with Crippen molar-refractivity contribution >= 4 is 16.8 Å². The van der Waals surface area contributed by atoms with Crippen LogP contribution < -0.4 is 25.5 Å². The monoisotopic (exact) mass is 375 g/mol. The van der Waals surface area contributed by atoms with Crippen LogP contribution >= 0.6 is 0 Å². The van der Waals surface area contributed by atoms with Crippen LogP contribution in [0.3, 0.4) is 0 Å². The number of rotatable bonds is 6. The van der Waals surface area contributed by atoms with Crippen LogP contribution in [0.25, 0.3) is 10.9 Å². The van der Waals surface area contributed by atoms with E-state index in [9.17, 15) is 9.59 Å². The maximum atomic E-state index is 12.6. The van der Waals surface area contributed by atoms with Crippen molar-refractivity contribution in [3.63, 3.8) is 0 Å². The summed E-state index contributed by atoms with van der Waals surface area (Å²) < 4.78 is 16.3. The van der Waals surface area contributed by atoms with Crippen molar-refractivity contribution in [2.24, 2.45) is 11.7 Å². The molecule has 27 heavy (non-hydrogen) atoms. The number of ether oxygens (including phenoxy) is 3. The lowest BCUT2D eigenvalue weighted by Gasteiger charge is -2.30. The first kappa shape index (κ1) is 19.0. The first-order valence-electron chi connectivity index (χ1n) is 8.85. The number of carbonyl (C=O) groups excluding carboxylic acids is 1. The Morgan fingerprint density at radius 2 is 1.96 bits per heavy atom. The Morgan fingerprint density at radius 3 is 2.59 bits per heavy atom. The Bertz CT molecular complexity index is 908. The molecule has 1 fully saturated rings. The first-order chi connectivity index (χ1) is 13.0. The molecule has 8 nitrogen and oxygen atoms in total. The number of H-pyrrole nitrogens is 1. The van der Waals surface area contributed by atoms with Crippen molar-refractivity contribution < 1.29 is 19.0 Å². The second-order valence-electron chi connectivity index (χ2n) is 6.71. The summed E-state index contributed by atoms with van der Waals surface area (Å²) in [6, 6.07) is 3.52. The van der Waals surface area contributed by atoms with Gasteiger partial charge < -0.3 is 24.9 Å². The standard InChI is InChI=1S/C19H25N3O5/c1-25-15-8-14-13(16(26-2)17(15)27-3)7-12(19(24)21-14)10-22-6-4-5-11(9-22)18(20)23/h7-8,11H,4-6,9-10H2,1-3H3,(H2,20,23)(H,21,24). The quantitative estimate of drug-likeness (QED) is 0.787. The summed E-state index contributed by atoms with van der Waals surface area (Å²) >= 11 is 0. The van der Waals surface area contributed by atoms with Gasteiger partial charge >= 0.3 is 0 Å². The molecule has 1 saturated heterocycles. The van der Waals surface area contributed by atoms with E-state index in [-0.39, 0.29) is 17.4 Å². The number of aromatic nitrogens is 1. The number of benzene rings is 1. The number of amides is 1. The second kappa shape index (κ2) is 7.87. The molecule has 0 aliphatic carbocycles. The van der Waals surface area contributed by atoms with Gasteiger partial charge in [0.2, 0.25) is 11.7 Å². The third kappa shape index (κ3) is 3.71. The van der Waals surface area contributed by atoms with Gasteiger partial charge in [-0.25, -0.2) is 0 Å². The fraction of sp³-hybridized carbons (Fsp3) is 0.474. The maximum absolute atomic E-state index is 12.6. The number of primary amides is 1. The maximum Gasteiger partial charge on any atom is 0.252 e. The molecule has 1 aromatic carbocycles. The zero-order valence-corrected chi connectivity index (χ0v) is 15.8. The molecule has 1 aromatic heterocycles. The molecule has 0 saturated carbocycles. The van der Waals surface area contributed by atoms with E-state index in [0.29, 0.717) is 41.4 Å². The molecular formula is C19H25N3O5. The molecule has 8 heteroatoms. The summed E-state index contributed by atoms with van der Waals surface area (Å²) in [5.41, 5.74) is 6.47. The van der Waals surface area contributed by atoms with Gasteiger partial charge in [-0.15, -0.1) is 0 Å². The normalized spacial score (nSPS) is 17.7. The summed E-state index contributed by atoms with van der Waals surface area (Å²) in [4.78, 5) is 29.1. The zero-order chi connectivity index (χ0) is 19.6. The Hall–Kier alpha value is -2.74. The van der Waals surface area contributed by atoms with Gasteiger partial charge in [0.05, 0.1) is 32.8 Å². The van der Waals surface area contributed by atoms with Crippen molar-refractivity contribution in [3.8, 4) is 17.2 Å². The molecule has 146 valence electrons. The van der Waals surface area contributed by atoms with E-state index < -0.39 is 0 Å². The van der Waals surface area contributed by atoms with Crippen LogP contribution in [-0.4, -0.2) is 50.2 Å². The van der Waals surface area contributed by atoms with Gasteiger partial charge in [0, 0.05) is 30.1 Å². The highest BCUT2D eigenvalue weighted by molar-refractivity contribution is 5.90. The van der Waals surface area contributed by atoms with E-state index in [4.69, 9.17) is 19.9 Å². The summed E-state index contributed by atoms with van der Waals surface area (Å²) in [6.45, 7) is 1.83. The predicted molar refractivity (Wildman–Crippen MR) is 101 cm³/mol.